The van der Waals surface area contributed by atoms with Crippen molar-refractivity contribution in [1.29, 1.82) is 0 Å². The Bertz CT molecular complexity index is 7630. The topological polar surface area (TPSA) is 0 Å². The van der Waals surface area contributed by atoms with E-state index in [0.717, 1.165) is 0 Å². The fourth-order valence-corrected chi connectivity index (χ4v) is 18.6. The Balaban J connectivity index is 0.000000122. The maximum absolute atomic E-state index is 2.27. The second-order valence-electron chi connectivity index (χ2n) is 30.7. The Morgan fingerprint density at radius 3 is 0.523 bits per heavy atom. The first-order valence-corrected chi connectivity index (χ1v) is 47.9. The summed E-state index contributed by atoms with van der Waals surface area (Å²) in [5, 5.41) is 48.1. The van der Waals surface area contributed by atoms with Crippen LogP contribution >= 0.6 is 0 Å². The zero-order chi connectivity index (χ0) is 92.2. The molecule has 1 aliphatic carbocycles. The summed E-state index contributed by atoms with van der Waals surface area (Å²) < 4.78 is 0. The Kier molecular flexibility index (Phi) is 32.0. The van der Waals surface area contributed by atoms with Crippen LogP contribution in [0.4, 0.5) is 0 Å². The molecular formula is C132H120. The van der Waals surface area contributed by atoms with Gasteiger partial charge >= 0.3 is 0 Å². The molecule has 0 radical (unpaired) electrons. The van der Waals surface area contributed by atoms with E-state index in [1.807, 2.05) is 96.9 Å². The molecule has 0 heteroatoms. The quantitative estimate of drug-likeness (QED) is 0.105. The molecule has 0 bridgehead atoms. The molecule has 26 aromatic carbocycles. The van der Waals surface area contributed by atoms with Crippen LogP contribution < -0.4 is 0 Å². The van der Waals surface area contributed by atoms with E-state index in [4.69, 9.17) is 0 Å². The minimum absolute atomic E-state index is 1.30. The molecule has 1 aliphatic rings. The molecule has 0 spiro atoms. The van der Waals surface area contributed by atoms with E-state index in [9.17, 15) is 0 Å². The van der Waals surface area contributed by atoms with Gasteiger partial charge in [-0.05, 0) is 228 Å². The number of rotatable bonds is 0. The van der Waals surface area contributed by atoms with E-state index in [-0.39, 0.29) is 0 Å². The van der Waals surface area contributed by atoms with Crippen LogP contribution in [0.1, 0.15) is 96.9 Å². The maximum Gasteiger partial charge on any atom is -0.00204 e. The summed E-state index contributed by atoms with van der Waals surface area (Å²) in [6, 6.07) is 169. The van der Waals surface area contributed by atoms with Crippen molar-refractivity contribution in [2.24, 2.45) is 0 Å². The molecule has 132 heavy (non-hydrogen) atoms. The number of hydrogen-bond donors (Lipinski definition) is 0. The van der Waals surface area contributed by atoms with Crippen LogP contribution in [0.15, 0.2) is 473 Å². The van der Waals surface area contributed by atoms with Crippen LogP contribution in [0.5, 0.6) is 0 Å². The zero-order valence-corrected chi connectivity index (χ0v) is 79.0. The van der Waals surface area contributed by atoms with E-state index in [1.54, 1.807) is 0 Å². The molecule has 0 saturated heterocycles. The van der Waals surface area contributed by atoms with Crippen LogP contribution in [0.3, 0.4) is 0 Å². The van der Waals surface area contributed by atoms with Gasteiger partial charge in [-0.25, -0.2) is 0 Å². The van der Waals surface area contributed by atoms with Gasteiger partial charge < -0.3 is 0 Å². The summed E-state index contributed by atoms with van der Waals surface area (Å²) >= 11 is 0. The summed E-state index contributed by atoms with van der Waals surface area (Å²) in [6.07, 6.45) is 0. The van der Waals surface area contributed by atoms with Gasteiger partial charge in [0.05, 0.1) is 0 Å². The summed E-state index contributed by atoms with van der Waals surface area (Å²) in [5.74, 6) is 0. The lowest BCUT2D eigenvalue weighted by Crippen LogP contribution is -1.84. The van der Waals surface area contributed by atoms with E-state index < -0.39 is 0 Å². The monoisotopic (exact) mass is 1700 g/mol. The minimum atomic E-state index is 1.30. The van der Waals surface area contributed by atoms with E-state index in [0.29, 0.717) is 0 Å². The third kappa shape index (κ3) is 19.2. The molecule has 0 nitrogen and oxygen atoms in total. The first kappa shape index (κ1) is 92.8. The molecule has 0 saturated carbocycles. The fourth-order valence-electron chi connectivity index (χ4n) is 18.6. The molecule has 0 amide bonds. The Labute approximate surface area is 780 Å². The molecule has 0 aromatic heterocycles. The molecule has 27 rings (SSSR count). The van der Waals surface area contributed by atoms with Gasteiger partial charge in [0.2, 0.25) is 0 Å². The van der Waals surface area contributed by atoms with Crippen molar-refractivity contribution in [3.05, 3.63) is 473 Å². The summed E-state index contributed by atoms with van der Waals surface area (Å²) in [7, 11) is 0. The molecule has 648 valence electrons. The van der Waals surface area contributed by atoms with Crippen molar-refractivity contribution in [3.63, 3.8) is 0 Å². The lowest BCUT2D eigenvalue weighted by Gasteiger charge is -2.12. The van der Waals surface area contributed by atoms with Crippen molar-refractivity contribution in [2.75, 3.05) is 0 Å². The van der Waals surface area contributed by atoms with E-state index >= 15 is 0 Å². The largest absolute Gasteiger partial charge is 0.0683 e. The average Bonchev–Trinajstić information content (AvgIpc) is 1.64. The zero-order valence-electron chi connectivity index (χ0n) is 79.0. The summed E-state index contributed by atoms with van der Waals surface area (Å²) in [5.41, 5.74) is 5.50. The molecule has 26 aromatic rings. The minimum Gasteiger partial charge on any atom is -0.0683 e. The predicted octanol–water partition coefficient (Wildman–Crippen LogP) is 40.8. The highest BCUT2D eigenvalue weighted by Gasteiger charge is 2.20. The Morgan fingerprint density at radius 2 is 0.235 bits per heavy atom. The molecular weight excluding hydrogens is 1590 g/mol. The van der Waals surface area contributed by atoms with E-state index in [2.05, 4.69) is 473 Å². The van der Waals surface area contributed by atoms with Crippen LogP contribution in [0, 0.1) is 0 Å². The first-order valence-electron chi connectivity index (χ1n) is 47.9. The van der Waals surface area contributed by atoms with Crippen molar-refractivity contribution in [3.8, 4) is 22.3 Å². The van der Waals surface area contributed by atoms with Crippen molar-refractivity contribution >= 4 is 194 Å². The fraction of sp³-hybridized carbons (Fsp3) is 0.106. The lowest BCUT2D eigenvalue weighted by atomic mass is 9.91. The van der Waals surface area contributed by atoms with Crippen molar-refractivity contribution in [1.82, 2.24) is 0 Å². The molecule has 0 fully saturated rings. The van der Waals surface area contributed by atoms with Gasteiger partial charge in [0, 0.05) is 0 Å². The van der Waals surface area contributed by atoms with Gasteiger partial charge in [-0.3, -0.25) is 0 Å². The van der Waals surface area contributed by atoms with Crippen molar-refractivity contribution < 1.29 is 0 Å². The SMILES string of the molecule is CC.CC.CC.CC.CC.CC.CC.c1cc2ccc3cccc4ccc(c1)c2c34.c1ccc2c(c1)-c1cccc3cccc-2c13.c1ccc2c(c1)c1ccccc1c1ccccc21.c1ccc2c(c1)ccc1c3ccccc3c3ccccc3c21.c1ccc2c(c1)ccc1c3ccccc3ccc21.c1ccc2c(c1)ccc1ccccc12.c1ccc2cc3ccccc3cc2c1. The number of hydrogen-bond acceptors (Lipinski definition) is 0. The van der Waals surface area contributed by atoms with E-state index in [1.165, 1.54) is 216 Å². The van der Waals surface area contributed by atoms with Gasteiger partial charge in [-0.2, -0.15) is 0 Å². The van der Waals surface area contributed by atoms with Gasteiger partial charge in [0.25, 0.3) is 0 Å². The molecule has 0 heterocycles. The molecule has 0 unspecified atom stereocenters. The van der Waals surface area contributed by atoms with Crippen LogP contribution in [0.25, 0.3) is 216 Å². The Morgan fingerprint density at radius 1 is 0.0833 bits per heavy atom. The van der Waals surface area contributed by atoms with Gasteiger partial charge in [0.15, 0.2) is 0 Å². The molecule has 0 N–H and O–H groups in total. The molecule has 0 atom stereocenters. The first-order chi connectivity index (χ1) is 65.6. The van der Waals surface area contributed by atoms with Crippen molar-refractivity contribution in [2.45, 2.75) is 96.9 Å². The Hall–Kier alpha value is -15.3. The second kappa shape index (κ2) is 45.6. The average molecular weight is 1710 g/mol. The highest BCUT2D eigenvalue weighted by Crippen LogP contribution is 2.47. The van der Waals surface area contributed by atoms with Gasteiger partial charge in [0.1, 0.15) is 0 Å². The normalized spacial score (nSPS) is 10.5. The van der Waals surface area contributed by atoms with Crippen LogP contribution in [-0.2, 0) is 0 Å². The highest BCUT2D eigenvalue weighted by atomic mass is 14.2. The number of benzene rings is 26. The molecule has 0 aliphatic heterocycles. The lowest BCUT2D eigenvalue weighted by molar-refractivity contribution is 1.50. The van der Waals surface area contributed by atoms with Crippen LogP contribution in [-0.4, -0.2) is 0 Å². The van der Waals surface area contributed by atoms with Gasteiger partial charge in [-0.15, -0.1) is 0 Å². The maximum atomic E-state index is 2.27. The summed E-state index contributed by atoms with van der Waals surface area (Å²) in [6.45, 7) is 28.0. The van der Waals surface area contributed by atoms with Gasteiger partial charge in [-0.1, -0.05) is 558 Å². The summed E-state index contributed by atoms with van der Waals surface area (Å²) in [4.78, 5) is 0. The smallest absolute Gasteiger partial charge is 0.00204 e. The number of fused-ring (bicyclic) bond motifs is 27. The predicted molar refractivity (Wildman–Crippen MR) is 595 cm³/mol. The third-order valence-electron chi connectivity index (χ3n) is 24.0. The highest BCUT2D eigenvalue weighted by molar-refractivity contribution is 6.32. The second-order valence-corrected chi connectivity index (χ2v) is 30.7. The van der Waals surface area contributed by atoms with Crippen LogP contribution in [0.2, 0.25) is 0 Å². The third-order valence-corrected chi connectivity index (χ3v) is 24.0. The standard InChI is InChI=1S/C22H14.2C18H12.2C16H10.2C14H10.7C2H6/c1-2-8-16-15(7-1)13-14-21-19-11-4-3-9-17(19)18-10-5-6-12-20(18)22(16)21;1-3-7-15-13(5-1)9-11-18-16-8-4-2-6-14(16)10-12-17(15)18;1-2-8-14-13(7-1)15-9-3-4-11-17(15)18-12-6-5-10-16(14)18;1-3-11-7-9-13-5-2-6-14-10-8-12(4-1)15(11)16(13)14;1-2-8-13-12(7-1)14-9-3-5-11-6-4-10-15(13)16(11)14;1-3-7-13-11(5-1)9-10-12-6-2-4-8-14(12)13;1-2-6-12-10-14-8-4-3-7-13(14)9-11(12)5-1;7*1-2/h1-14H;2*1-12H;2*1-10H;2*1-10H;7*1-2H3.